The first kappa shape index (κ1) is 16.1. The Bertz CT molecular complexity index is 689. The van der Waals surface area contributed by atoms with E-state index in [1.165, 1.54) is 6.07 Å². The number of nitrogens with two attached hydrogens (primary N) is 1. The van der Waals surface area contributed by atoms with E-state index in [9.17, 15) is 4.79 Å². The average Bonchev–Trinajstić information content (AvgIpc) is 2.63. The third kappa shape index (κ3) is 4.17. The molecule has 0 radical (unpaired) electrons. The maximum atomic E-state index is 11.5. The summed E-state index contributed by atoms with van der Waals surface area (Å²) in [6.07, 6.45) is 2.38. The van der Waals surface area contributed by atoms with Crippen LogP contribution in [0.4, 0.5) is 5.95 Å². The lowest BCUT2D eigenvalue weighted by atomic mass is 10.3. The second-order valence-electron chi connectivity index (χ2n) is 5.27. The van der Waals surface area contributed by atoms with Crippen LogP contribution in [0.3, 0.4) is 0 Å². The van der Waals surface area contributed by atoms with Crippen molar-refractivity contribution in [3.05, 3.63) is 41.9 Å². The summed E-state index contributed by atoms with van der Waals surface area (Å²) in [6, 6.07) is 7.18. The van der Waals surface area contributed by atoms with Gasteiger partial charge in [-0.05, 0) is 12.1 Å². The smallest absolute Gasteiger partial charge is 0.267 e. The molecule has 1 aliphatic rings. The molecular weight excluding hydrogens is 310 g/mol. The molecule has 0 aliphatic carbocycles. The van der Waals surface area contributed by atoms with E-state index < -0.39 is 5.91 Å². The second kappa shape index (κ2) is 7.69. The Hall–Kier alpha value is -2.74. The van der Waals surface area contributed by atoms with E-state index >= 15 is 0 Å². The van der Waals surface area contributed by atoms with Crippen LogP contribution in [0.2, 0.25) is 0 Å². The van der Waals surface area contributed by atoms with E-state index in [2.05, 4.69) is 15.0 Å². The number of primary amides is 1. The van der Waals surface area contributed by atoms with Gasteiger partial charge >= 0.3 is 0 Å². The predicted molar refractivity (Wildman–Crippen MR) is 87.0 cm³/mol. The summed E-state index contributed by atoms with van der Waals surface area (Å²) in [5, 5.41) is 0. The molecule has 1 fully saturated rings. The van der Waals surface area contributed by atoms with Crippen molar-refractivity contribution in [1.29, 1.82) is 0 Å². The summed E-state index contributed by atoms with van der Waals surface area (Å²) in [5.41, 5.74) is 6.43. The van der Waals surface area contributed by atoms with Gasteiger partial charge in [0.15, 0.2) is 0 Å². The quantitative estimate of drug-likeness (QED) is 0.819. The van der Waals surface area contributed by atoms with Crippen molar-refractivity contribution in [2.75, 3.05) is 37.8 Å². The molecule has 3 heterocycles. The van der Waals surface area contributed by atoms with Crippen LogP contribution in [-0.4, -0.2) is 53.8 Å². The summed E-state index contributed by atoms with van der Waals surface area (Å²) >= 11 is 0. The van der Waals surface area contributed by atoms with Crippen molar-refractivity contribution in [1.82, 2.24) is 15.0 Å². The molecule has 1 amide bonds. The fraction of sp³-hybridized carbons (Fsp3) is 0.375. The zero-order valence-corrected chi connectivity index (χ0v) is 13.2. The van der Waals surface area contributed by atoms with E-state index in [1.54, 1.807) is 6.20 Å². The first-order chi connectivity index (χ1) is 11.7. The maximum absolute atomic E-state index is 11.5. The summed E-state index contributed by atoms with van der Waals surface area (Å²) in [7, 11) is 0. The monoisotopic (exact) mass is 329 g/mol. The molecule has 2 N–H and O–H groups in total. The molecule has 0 aromatic carbocycles. The van der Waals surface area contributed by atoms with Crippen LogP contribution in [0.5, 0.6) is 5.88 Å². The van der Waals surface area contributed by atoms with Gasteiger partial charge in [0.25, 0.3) is 5.91 Å². The number of aromatic nitrogens is 3. The third-order valence-electron chi connectivity index (χ3n) is 3.57. The molecule has 8 heteroatoms. The van der Waals surface area contributed by atoms with E-state index in [-0.39, 0.29) is 5.69 Å². The van der Waals surface area contributed by atoms with Gasteiger partial charge in [0, 0.05) is 37.5 Å². The fourth-order valence-corrected chi connectivity index (χ4v) is 2.32. The number of carbonyl (C=O) groups excluding carboxylic acids is 1. The van der Waals surface area contributed by atoms with E-state index in [0.29, 0.717) is 51.2 Å². The van der Waals surface area contributed by atoms with Gasteiger partial charge in [-0.3, -0.25) is 9.78 Å². The highest BCUT2D eigenvalue weighted by Gasteiger charge is 2.17. The summed E-state index contributed by atoms with van der Waals surface area (Å²) < 4.78 is 11.0. The first-order valence-corrected chi connectivity index (χ1v) is 7.76. The largest absolute Gasteiger partial charge is 0.477 e. The molecule has 0 spiro atoms. The Balaban J connectivity index is 1.71. The number of ether oxygens (including phenoxy) is 2. The highest BCUT2D eigenvalue weighted by Crippen LogP contribution is 2.17. The van der Waals surface area contributed by atoms with Gasteiger partial charge in [0.2, 0.25) is 11.8 Å². The molecule has 0 unspecified atom stereocenters. The lowest BCUT2D eigenvalue weighted by Gasteiger charge is -2.27. The number of nitrogens with zero attached hydrogens (tertiary/aromatic N) is 4. The van der Waals surface area contributed by atoms with Gasteiger partial charge in [-0.2, -0.15) is 4.98 Å². The Kier molecular flexibility index (Phi) is 5.17. The van der Waals surface area contributed by atoms with Gasteiger partial charge in [-0.15, -0.1) is 0 Å². The molecule has 2 aromatic heterocycles. The Morgan fingerprint density at radius 1 is 1.29 bits per heavy atom. The number of amides is 1. The van der Waals surface area contributed by atoms with E-state index in [1.807, 2.05) is 23.1 Å². The lowest BCUT2D eigenvalue weighted by molar-refractivity contribution is 0.0994. The predicted octanol–water partition coefficient (Wildman–Crippen LogP) is 0.429. The first-order valence-electron chi connectivity index (χ1n) is 7.76. The minimum absolute atomic E-state index is 0.138. The summed E-state index contributed by atoms with van der Waals surface area (Å²) in [6.45, 7) is 2.92. The van der Waals surface area contributed by atoms with Crippen molar-refractivity contribution in [3.8, 4) is 5.88 Å². The highest BCUT2D eigenvalue weighted by atomic mass is 16.5. The van der Waals surface area contributed by atoms with Crippen LogP contribution in [0.25, 0.3) is 0 Å². The van der Waals surface area contributed by atoms with Crippen LogP contribution in [0, 0.1) is 0 Å². The van der Waals surface area contributed by atoms with Crippen molar-refractivity contribution < 1.29 is 14.3 Å². The molecule has 1 saturated heterocycles. The van der Waals surface area contributed by atoms with Crippen molar-refractivity contribution in [2.24, 2.45) is 5.73 Å². The minimum atomic E-state index is -0.610. The highest BCUT2D eigenvalue weighted by molar-refractivity contribution is 5.91. The molecule has 3 rings (SSSR count). The van der Waals surface area contributed by atoms with Crippen molar-refractivity contribution in [2.45, 2.75) is 6.42 Å². The lowest BCUT2D eigenvalue weighted by Crippen LogP contribution is -2.37. The number of anilines is 1. The Labute approximate surface area is 139 Å². The molecular formula is C16H19N5O3. The Morgan fingerprint density at radius 3 is 2.83 bits per heavy atom. The molecule has 2 aromatic rings. The van der Waals surface area contributed by atoms with Crippen LogP contribution in [0.1, 0.15) is 16.2 Å². The van der Waals surface area contributed by atoms with Gasteiger partial charge in [-0.1, -0.05) is 6.07 Å². The zero-order valence-electron chi connectivity index (χ0n) is 13.2. The number of pyridine rings is 1. The molecule has 0 bridgehead atoms. The maximum Gasteiger partial charge on any atom is 0.267 e. The van der Waals surface area contributed by atoms with Crippen molar-refractivity contribution >= 4 is 11.9 Å². The molecule has 0 saturated carbocycles. The average molecular weight is 329 g/mol. The van der Waals surface area contributed by atoms with Crippen LogP contribution < -0.4 is 15.4 Å². The summed E-state index contributed by atoms with van der Waals surface area (Å²) in [4.78, 5) is 26.3. The van der Waals surface area contributed by atoms with Gasteiger partial charge in [0.05, 0.1) is 19.8 Å². The van der Waals surface area contributed by atoms with Crippen molar-refractivity contribution in [3.63, 3.8) is 0 Å². The standard InChI is InChI=1S/C16H19N5O3/c17-15(22)13-11-14(24-8-4-12-3-1-2-5-18-12)20-16(19-13)21-6-9-23-10-7-21/h1-3,5,11H,4,6-10H2,(H2,17,22). The number of morpholine rings is 1. The van der Waals surface area contributed by atoms with E-state index in [0.717, 1.165) is 5.69 Å². The molecule has 1 aliphatic heterocycles. The normalized spacial score (nSPS) is 14.4. The molecule has 126 valence electrons. The number of hydrogen-bond donors (Lipinski definition) is 1. The Morgan fingerprint density at radius 2 is 2.12 bits per heavy atom. The third-order valence-corrected chi connectivity index (χ3v) is 3.57. The second-order valence-corrected chi connectivity index (χ2v) is 5.27. The fourth-order valence-electron chi connectivity index (χ4n) is 2.32. The molecule has 0 atom stereocenters. The minimum Gasteiger partial charge on any atom is -0.477 e. The van der Waals surface area contributed by atoms with Gasteiger partial charge in [-0.25, -0.2) is 4.98 Å². The SMILES string of the molecule is NC(=O)c1cc(OCCc2ccccn2)nc(N2CCOCC2)n1. The zero-order chi connectivity index (χ0) is 16.8. The molecule has 24 heavy (non-hydrogen) atoms. The summed E-state index contributed by atoms with van der Waals surface area (Å²) in [5.74, 6) is 0.153. The van der Waals surface area contributed by atoms with Crippen LogP contribution >= 0.6 is 0 Å². The topological polar surface area (TPSA) is 103 Å². The van der Waals surface area contributed by atoms with Gasteiger partial charge < -0.3 is 20.1 Å². The van der Waals surface area contributed by atoms with Gasteiger partial charge in [0.1, 0.15) is 5.69 Å². The number of carbonyl (C=O) groups is 1. The number of hydrogen-bond acceptors (Lipinski definition) is 7. The number of rotatable bonds is 6. The van der Waals surface area contributed by atoms with Crippen LogP contribution in [-0.2, 0) is 11.2 Å². The van der Waals surface area contributed by atoms with E-state index in [4.69, 9.17) is 15.2 Å². The van der Waals surface area contributed by atoms with Crippen LogP contribution in [0.15, 0.2) is 30.5 Å². The molecule has 8 nitrogen and oxygen atoms in total.